The average Bonchev–Trinajstić information content (AvgIpc) is 2.24. The van der Waals surface area contributed by atoms with Crippen LogP contribution in [0.25, 0.3) is 0 Å². The van der Waals surface area contributed by atoms with Crippen LogP contribution in [0.15, 0.2) is 0 Å². The molecule has 2 amide bonds. The molecule has 1 N–H and O–H groups in total. The first-order valence-electron chi connectivity index (χ1n) is 5.57. The zero-order chi connectivity index (χ0) is 12.7. The fourth-order valence-electron chi connectivity index (χ4n) is 1.36. The Bertz CT molecular complexity index is 241. The summed E-state index contributed by atoms with van der Waals surface area (Å²) in [6.07, 6.45) is 0. The largest absolute Gasteiger partial charge is 0.347 e. The van der Waals surface area contributed by atoms with Crippen LogP contribution in [-0.2, 0) is 9.59 Å². The number of carbonyl (C=O) groups excluding carboxylic acids is 2. The molecule has 0 spiro atoms. The third kappa shape index (κ3) is 4.61. The lowest BCUT2D eigenvalue weighted by Crippen LogP contribution is -2.44. The van der Waals surface area contributed by atoms with Crippen molar-refractivity contribution in [3.8, 4) is 0 Å². The van der Waals surface area contributed by atoms with E-state index in [9.17, 15) is 9.59 Å². The molecule has 0 radical (unpaired) electrons. The van der Waals surface area contributed by atoms with E-state index in [0.717, 1.165) is 0 Å². The summed E-state index contributed by atoms with van der Waals surface area (Å²) in [4.78, 5) is 26.5. The van der Waals surface area contributed by atoms with Gasteiger partial charge in [-0.25, -0.2) is 0 Å². The number of nitrogens with zero attached hydrogens (tertiary/aromatic N) is 2. The highest BCUT2D eigenvalue weighted by Gasteiger charge is 2.21. The molecule has 94 valence electrons. The molecular formula is C11H23N3O2. The predicted molar refractivity (Wildman–Crippen MR) is 64.0 cm³/mol. The molecule has 0 heterocycles. The molecule has 5 heteroatoms. The highest BCUT2D eigenvalue weighted by Crippen LogP contribution is 2.02. The molecule has 0 aromatic carbocycles. The third-order valence-corrected chi connectivity index (χ3v) is 2.45. The molecule has 0 aromatic heterocycles. The minimum Gasteiger partial charge on any atom is -0.347 e. The maximum Gasteiger partial charge on any atom is 0.241 e. The number of nitrogens with one attached hydrogen (secondary N) is 1. The second kappa shape index (κ2) is 7.22. The minimum absolute atomic E-state index is 0.0204. The van der Waals surface area contributed by atoms with Gasteiger partial charge >= 0.3 is 0 Å². The van der Waals surface area contributed by atoms with Crippen molar-refractivity contribution >= 4 is 11.8 Å². The number of hydrogen-bond donors (Lipinski definition) is 1. The van der Waals surface area contributed by atoms with Gasteiger partial charge in [0, 0.05) is 33.1 Å². The topological polar surface area (TPSA) is 52.7 Å². The van der Waals surface area contributed by atoms with Crippen LogP contribution in [-0.4, -0.2) is 62.4 Å². The first kappa shape index (κ1) is 14.9. The van der Waals surface area contributed by atoms with Gasteiger partial charge in [0.2, 0.25) is 11.8 Å². The zero-order valence-electron chi connectivity index (χ0n) is 10.9. The molecular weight excluding hydrogens is 206 g/mol. The van der Waals surface area contributed by atoms with E-state index in [2.05, 4.69) is 5.32 Å². The first-order valence-corrected chi connectivity index (χ1v) is 5.57. The van der Waals surface area contributed by atoms with Crippen LogP contribution in [0.2, 0.25) is 0 Å². The molecule has 0 saturated carbocycles. The van der Waals surface area contributed by atoms with Crippen molar-refractivity contribution < 1.29 is 9.59 Å². The summed E-state index contributed by atoms with van der Waals surface area (Å²) in [6, 6.07) is 0. The lowest BCUT2D eigenvalue weighted by Gasteiger charge is -2.25. The normalized spacial score (nSPS) is 12.1. The monoisotopic (exact) mass is 229 g/mol. The Morgan fingerprint density at radius 1 is 1.31 bits per heavy atom. The van der Waals surface area contributed by atoms with Gasteiger partial charge in [0.15, 0.2) is 0 Å². The predicted octanol–water partition coefficient (Wildman–Crippen LogP) is -0.221. The number of likely N-dealkylation sites (N-methyl/N-ethyl adjacent to an activating group) is 2. The smallest absolute Gasteiger partial charge is 0.241 e. The summed E-state index contributed by atoms with van der Waals surface area (Å²) in [6.45, 7) is 5.10. The molecule has 16 heavy (non-hydrogen) atoms. The number of carbonyl (C=O) groups is 2. The number of hydrogen-bond acceptors (Lipinski definition) is 3. The standard InChI is InChI=1S/C11H23N3O2/c1-6-14(8-10(15)13(4)5)11(16)9(2)7-12-3/h9,12H,6-8H2,1-5H3. The second-order valence-electron chi connectivity index (χ2n) is 4.10. The van der Waals surface area contributed by atoms with Crippen LogP contribution >= 0.6 is 0 Å². The summed E-state index contributed by atoms with van der Waals surface area (Å²) < 4.78 is 0. The molecule has 0 aliphatic rings. The zero-order valence-corrected chi connectivity index (χ0v) is 10.9. The lowest BCUT2D eigenvalue weighted by molar-refractivity contribution is -0.141. The summed E-state index contributed by atoms with van der Waals surface area (Å²) in [5.74, 6) is -0.126. The van der Waals surface area contributed by atoms with Crippen LogP contribution in [0.5, 0.6) is 0 Å². The lowest BCUT2D eigenvalue weighted by atomic mass is 10.1. The third-order valence-electron chi connectivity index (χ3n) is 2.45. The Labute approximate surface area is 97.8 Å². The molecule has 5 nitrogen and oxygen atoms in total. The molecule has 0 saturated heterocycles. The SMILES string of the molecule is CCN(CC(=O)N(C)C)C(=O)C(C)CNC. The van der Waals surface area contributed by atoms with Crippen LogP contribution < -0.4 is 5.32 Å². The minimum atomic E-state index is -0.0973. The molecule has 0 fully saturated rings. The van der Waals surface area contributed by atoms with Crippen molar-refractivity contribution in [3.05, 3.63) is 0 Å². The Hall–Kier alpha value is -1.10. The molecule has 0 aliphatic heterocycles. The van der Waals surface area contributed by atoms with Gasteiger partial charge in [-0.1, -0.05) is 6.92 Å². The van der Waals surface area contributed by atoms with E-state index in [1.54, 1.807) is 19.0 Å². The van der Waals surface area contributed by atoms with Gasteiger partial charge < -0.3 is 15.1 Å². The van der Waals surface area contributed by atoms with Crippen LogP contribution in [0.1, 0.15) is 13.8 Å². The van der Waals surface area contributed by atoms with E-state index >= 15 is 0 Å². The highest BCUT2D eigenvalue weighted by atomic mass is 16.2. The summed E-state index contributed by atoms with van der Waals surface area (Å²) >= 11 is 0. The van der Waals surface area contributed by atoms with E-state index in [1.165, 1.54) is 4.90 Å². The van der Waals surface area contributed by atoms with E-state index in [1.807, 2.05) is 20.9 Å². The van der Waals surface area contributed by atoms with Crippen LogP contribution in [0, 0.1) is 5.92 Å². The first-order chi connectivity index (χ1) is 7.43. The van der Waals surface area contributed by atoms with E-state index in [4.69, 9.17) is 0 Å². The molecule has 0 rings (SSSR count). The number of rotatable bonds is 6. The van der Waals surface area contributed by atoms with E-state index in [0.29, 0.717) is 13.1 Å². The quantitative estimate of drug-likeness (QED) is 0.685. The molecule has 1 atom stereocenters. The highest BCUT2D eigenvalue weighted by molar-refractivity contribution is 5.85. The van der Waals surface area contributed by atoms with E-state index in [-0.39, 0.29) is 24.3 Å². The Balaban J connectivity index is 4.37. The fourth-order valence-corrected chi connectivity index (χ4v) is 1.36. The summed E-state index contributed by atoms with van der Waals surface area (Å²) in [5.41, 5.74) is 0. The maximum atomic E-state index is 11.9. The van der Waals surface area contributed by atoms with Crippen LogP contribution in [0.3, 0.4) is 0 Å². The van der Waals surface area contributed by atoms with Gasteiger partial charge in [0.1, 0.15) is 0 Å². The van der Waals surface area contributed by atoms with Crippen molar-refractivity contribution in [2.45, 2.75) is 13.8 Å². The van der Waals surface area contributed by atoms with Gasteiger partial charge in [0.25, 0.3) is 0 Å². The maximum absolute atomic E-state index is 11.9. The van der Waals surface area contributed by atoms with Crippen molar-refractivity contribution in [2.24, 2.45) is 5.92 Å². The summed E-state index contributed by atoms with van der Waals surface area (Å²) in [7, 11) is 5.19. The van der Waals surface area contributed by atoms with Gasteiger partial charge in [-0.05, 0) is 14.0 Å². The van der Waals surface area contributed by atoms with Gasteiger partial charge in [-0.3, -0.25) is 9.59 Å². The Morgan fingerprint density at radius 3 is 2.25 bits per heavy atom. The molecule has 0 aliphatic carbocycles. The van der Waals surface area contributed by atoms with Crippen molar-refractivity contribution in [3.63, 3.8) is 0 Å². The van der Waals surface area contributed by atoms with E-state index < -0.39 is 0 Å². The molecule has 1 unspecified atom stereocenters. The average molecular weight is 229 g/mol. The van der Waals surface area contributed by atoms with Gasteiger partial charge in [0.05, 0.1) is 6.54 Å². The second-order valence-corrected chi connectivity index (χ2v) is 4.10. The fraction of sp³-hybridized carbons (Fsp3) is 0.818. The molecule has 0 aromatic rings. The van der Waals surface area contributed by atoms with Gasteiger partial charge in [-0.15, -0.1) is 0 Å². The Kier molecular flexibility index (Phi) is 6.72. The number of amides is 2. The summed E-state index contributed by atoms with van der Waals surface area (Å²) in [5, 5.41) is 2.96. The van der Waals surface area contributed by atoms with Crippen molar-refractivity contribution in [2.75, 3.05) is 40.8 Å². The van der Waals surface area contributed by atoms with Crippen molar-refractivity contribution in [1.29, 1.82) is 0 Å². The van der Waals surface area contributed by atoms with Crippen molar-refractivity contribution in [1.82, 2.24) is 15.1 Å². The Morgan fingerprint density at radius 2 is 1.88 bits per heavy atom. The van der Waals surface area contributed by atoms with Gasteiger partial charge in [-0.2, -0.15) is 0 Å². The molecule has 0 bridgehead atoms. The van der Waals surface area contributed by atoms with Crippen LogP contribution in [0.4, 0.5) is 0 Å².